The van der Waals surface area contributed by atoms with Crippen molar-refractivity contribution in [2.45, 2.75) is 0 Å². The molecule has 0 radical (unpaired) electrons. The highest BCUT2D eigenvalue weighted by Crippen LogP contribution is 2.31. The van der Waals surface area contributed by atoms with E-state index in [4.69, 9.17) is 9.15 Å². The number of esters is 1. The van der Waals surface area contributed by atoms with Crippen LogP contribution in [0.25, 0.3) is 22.1 Å². The molecular weight excluding hydrogens is 376 g/mol. The van der Waals surface area contributed by atoms with Gasteiger partial charge in [0.1, 0.15) is 45.8 Å². The average molecular weight is 390 g/mol. The SMILES string of the molecule is O=C(Oc1cc(O)c2c(=O)c(-c3ccc(O)cc3)coc2c1)c1ccccc1O. The van der Waals surface area contributed by atoms with E-state index in [9.17, 15) is 24.9 Å². The van der Waals surface area contributed by atoms with Gasteiger partial charge in [0, 0.05) is 12.1 Å². The van der Waals surface area contributed by atoms with Gasteiger partial charge in [-0.25, -0.2) is 4.79 Å². The van der Waals surface area contributed by atoms with E-state index >= 15 is 0 Å². The maximum absolute atomic E-state index is 12.8. The summed E-state index contributed by atoms with van der Waals surface area (Å²) in [5.41, 5.74) is 0.210. The highest BCUT2D eigenvalue weighted by molar-refractivity contribution is 5.95. The van der Waals surface area contributed by atoms with Crippen molar-refractivity contribution in [1.82, 2.24) is 0 Å². The lowest BCUT2D eigenvalue weighted by atomic mass is 10.0. The van der Waals surface area contributed by atoms with Gasteiger partial charge < -0.3 is 24.5 Å². The molecule has 144 valence electrons. The van der Waals surface area contributed by atoms with Crippen LogP contribution in [0.2, 0.25) is 0 Å². The molecule has 0 atom stereocenters. The van der Waals surface area contributed by atoms with Crippen molar-refractivity contribution in [1.29, 1.82) is 0 Å². The molecule has 0 amide bonds. The monoisotopic (exact) mass is 390 g/mol. The number of para-hydroxylation sites is 1. The minimum absolute atomic E-state index is 0.0256. The fraction of sp³-hybridized carbons (Fsp3) is 0. The second-order valence-corrected chi connectivity index (χ2v) is 6.25. The Morgan fingerprint density at radius 3 is 2.34 bits per heavy atom. The highest BCUT2D eigenvalue weighted by atomic mass is 16.5. The molecule has 0 bridgehead atoms. The third-order valence-corrected chi connectivity index (χ3v) is 4.34. The van der Waals surface area contributed by atoms with Gasteiger partial charge in [0.2, 0.25) is 5.43 Å². The minimum Gasteiger partial charge on any atom is -0.508 e. The molecule has 3 N–H and O–H groups in total. The maximum atomic E-state index is 12.8. The summed E-state index contributed by atoms with van der Waals surface area (Å²) in [6.07, 6.45) is 1.23. The molecule has 7 heteroatoms. The van der Waals surface area contributed by atoms with Crippen LogP contribution < -0.4 is 10.2 Å². The number of phenols is 3. The molecular formula is C22H14O7. The van der Waals surface area contributed by atoms with Crippen molar-refractivity contribution >= 4 is 16.9 Å². The Morgan fingerprint density at radius 2 is 1.62 bits per heavy atom. The summed E-state index contributed by atoms with van der Waals surface area (Å²) in [5.74, 6) is -1.49. The highest BCUT2D eigenvalue weighted by Gasteiger charge is 2.17. The van der Waals surface area contributed by atoms with Crippen molar-refractivity contribution in [2.75, 3.05) is 0 Å². The Balaban J connectivity index is 1.74. The topological polar surface area (TPSA) is 117 Å². The molecule has 1 heterocycles. The first-order valence-corrected chi connectivity index (χ1v) is 8.52. The molecule has 0 aliphatic heterocycles. The fourth-order valence-corrected chi connectivity index (χ4v) is 2.92. The van der Waals surface area contributed by atoms with Crippen LogP contribution in [0.15, 0.2) is 76.1 Å². The predicted molar refractivity (Wildman–Crippen MR) is 104 cm³/mol. The Kier molecular flexibility index (Phi) is 4.40. The zero-order valence-corrected chi connectivity index (χ0v) is 14.8. The Hall–Kier alpha value is -4.26. The van der Waals surface area contributed by atoms with E-state index in [1.807, 2.05) is 0 Å². The number of benzene rings is 3. The first kappa shape index (κ1) is 18.1. The van der Waals surface area contributed by atoms with Gasteiger partial charge >= 0.3 is 5.97 Å². The summed E-state index contributed by atoms with van der Waals surface area (Å²) >= 11 is 0. The predicted octanol–water partition coefficient (Wildman–Crippen LogP) is 3.80. The average Bonchev–Trinajstić information content (AvgIpc) is 2.69. The number of hydrogen-bond donors (Lipinski definition) is 3. The van der Waals surface area contributed by atoms with Gasteiger partial charge in [-0.2, -0.15) is 0 Å². The first-order valence-electron chi connectivity index (χ1n) is 8.52. The number of fused-ring (bicyclic) bond motifs is 1. The summed E-state index contributed by atoms with van der Waals surface area (Å²) in [5, 5.41) is 29.4. The summed E-state index contributed by atoms with van der Waals surface area (Å²) in [6.45, 7) is 0. The van der Waals surface area contributed by atoms with Crippen molar-refractivity contribution in [3.05, 3.63) is 82.7 Å². The quantitative estimate of drug-likeness (QED) is 0.360. The third kappa shape index (κ3) is 3.37. The van der Waals surface area contributed by atoms with Crippen molar-refractivity contribution in [3.8, 4) is 34.1 Å². The van der Waals surface area contributed by atoms with Crippen LogP contribution in [-0.4, -0.2) is 21.3 Å². The Morgan fingerprint density at radius 1 is 0.897 bits per heavy atom. The second kappa shape index (κ2) is 7.05. The lowest BCUT2D eigenvalue weighted by molar-refractivity contribution is 0.0731. The number of aromatic hydroxyl groups is 3. The Labute approximate surface area is 163 Å². The molecule has 0 fully saturated rings. The number of carbonyl (C=O) groups is 1. The number of phenolic OH excluding ortho intramolecular Hbond substituents is 3. The van der Waals surface area contributed by atoms with E-state index in [1.165, 1.54) is 36.6 Å². The van der Waals surface area contributed by atoms with Crippen molar-refractivity contribution < 1.29 is 29.3 Å². The number of hydrogen-bond acceptors (Lipinski definition) is 7. The normalized spacial score (nSPS) is 10.8. The molecule has 0 saturated heterocycles. The maximum Gasteiger partial charge on any atom is 0.347 e. The van der Waals surface area contributed by atoms with E-state index in [0.29, 0.717) is 5.56 Å². The molecule has 3 aromatic carbocycles. The number of rotatable bonds is 3. The lowest BCUT2D eigenvalue weighted by Gasteiger charge is -2.09. The van der Waals surface area contributed by atoms with Crippen LogP contribution in [0.3, 0.4) is 0 Å². The summed E-state index contributed by atoms with van der Waals surface area (Å²) in [4.78, 5) is 25.1. The van der Waals surface area contributed by atoms with Crippen LogP contribution in [-0.2, 0) is 0 Å². The molecule has 7 nitrogen and oxygen atoms in total. The van der Waals surface area contributed by atoms with Crippen LogP contribution in [0.4, 0.5) is 0 Å². The Bertz CT molecular complexity index is 1290. The van der Waals surface area contributed by atoms with E-state index in [1.54, 1.807) is 24.3 Å². The van der Waals surface area contributed by atoms with Gasteiger partial charge in [0.05, 0.1) is 5.56 Å². The first-order chi connectivity index (χ1) is 13.9. The lowest BCUT2D eigenvalue weighted by Crippen LogP contribution is -2.09. The second-order valence-electron chi connectivity index (χ2n) is 6.25. The smallest absolute Gasteiger partial charge is 0.347 e. The molecule has 0 aliphatic rings. The van der Waals surface area contributed by atoms with Gasteiger partial charge in [-0.15, -0.1) is 0 Å². The summed E-state index contributed by atoms with van der Waals surface area (Å²) in [6, 6.07) is 14.3. The molecule has 1 aromatic heterocycles. The largest absolute Gasteiger partial charge is 0.508 e. The zero-order chi connectivity index (χ0) is 20.5. The van der Waals surface area contributed by atoms with Gasteiger partial charge in [-0.3, -0.25) is 4.79 Å². The van der Waals surface area contributed by atoms with Crippen molar-refractivity contribution in [2.24, 2.45) is 0 Å². The van der Waals surface area contributed by atoms with E-state index in [-0.39, 0.29) is 39.3 Å². The van der Waals surface area contributed by atoms with Crippen LogP contribution in [0.1, 0.15) is 10.4 Å². The van der Waals surface area contributed by atoms with Crippen LogP contribution in [0.5, 0.6) is 23.0 Å². The van der Waals surface area contributed by atoms with Gasteiger partial charge in [0.25, 0.3) is 0 Å². The molecule has 0 saturated carbocycles. The van der Waals surface area contributed by atoms with Crippen LogP contribution >= 0.6 is 0 Å². The standard InChI is InChI=1S/C22H14O7/c23-13-7-5-12(6-8-13)16-11-28-19-10-14(9-18(25)20(19)21(16)26)29-22(27)15-3-1-2-4-17(15)24/h1-11,23-25H. The third-order valence-electron chi connectivity index (χ3n) is 4.34. The minimum atomic E-state index is -0.829. The van der Waals surface area contributed by atoms with Crippen molar-refractivity contribution in [3.63, 3.8) is 0 Å². The molecule has 0 spiro atoms. The van der Waals surface area contributed by atoms with Gasteiger partial charge in [0.15, 0.2) is 0 Å². The molecule has 29 heavy (non-hydrogen) atoms. The fourth-order valence-electron chi connectivity index (χ4n) is 2.92. The number of carbonyl (C=O) groups excluding carboxylic acids is 1. The molecule has 4 aromatic rings. The molecule has 0 aliphatic carbocycles. The van der Waals surface area contributed by atoms with E-state index in [2.05, 4.69) is 0 Å². The summed E-state index contributed by atoms with van der Waals surface area (Å²) < 4.78 is 10.7. The molecule has 4 rings (SSSR count). The van der Waals surface area contributed by atoms with Gasteiger partial charge in [-0.05, 0) is 29.8 Å². The van der Waals surface area contributed by atoms with E-state index in [0.717, 1.165) is 6.07 Å². The van der Waals surface area contributed by atoms with E-state index < -0.39 is 17.1 Å². The number of ether oxygens (including phenoxy) is 1. The summed E-state index contributed by atoms with van der Waals surface area (Å²) in [7, 11) is 0. The van der Waals surface area contributed by atoms with Gasteiger partial charge in [-0.1, -0.05) is 24.3 Å². The van der Waals surface area contributed by atoms with Crippen LogP contribution in [0, 0.1) is 0 Å². The molecule has 0 unspecified atom stereocenters. The zero-order valence-electron chi connectivity index (χ0n) is 14.8.